The lowest BCUT2D eigenvalue weighted by Crippen LogP contribution is -2.29. The molecular formula is C20H26N4O2S. The second kappa shape index (κ2) is 9.08. The summed E-state index contributed by atoms with van der Waals surface area (Å²) in [5.74, 6) is 1.31. The van der Waals surface area contributed by atoms with Gasteiger partial charge in [-0.1, -0.05) is 62.4 Å². The van der Waals surface area contributed by atoms with Gasteiger partial charge in [0.1, 0.15) is 6.04 Å². The molecule has 7 heteroatoms. The molecule has 1 aromatic carbocycles. The van der Waals surface area contributed by atoms with Crippen molar-refractivity contribution in [1.82, 2.24) is 14.8 Å². The van der Waals surface area contributed by atoms with Gasteiger partial charge in [0.05, 0.1) is 12.2 Å². The molecular weight excluding hydrogens is 360 g/mol. The minimum atomic E-state index is -0.347. The van der Waals surface area contributed by atoms with Gasteiger partial charge >= 0.3 is 5.97 Å². The molecule has 144 valence electrons. The summed E-state index contributed by atoms with van der Waals surface area (Å²) in [4.78, 5) is 17.5. The smallest absolute Gasteiger partial charge is 0.338 e. The summed E-state index contributed by atoms with van der Waals surface area (Å²) in [5.41, 5.74) is 2.33. The van der Waals surface area contributed by atoms with Crippen molar-refractivity contribution >= 4 is 23.7 Å². The summed E-state index contributed by atoms with van der Waals surface area (Å²) in [5, 5.41) is 8.62. The Kier molecular flexibility index (Phi) is 6.55. The number of carbonyl (C=O) groups is 1. The Hall–Kier alpha value is -2.28. The third kappa shape index (κ3) is 4.35. The monoisotopic (exact) mass is 386 g/mol. The van der Waals surface area contributed by atoms with Crippen LogP contribution < -0.4 is 5.32 Å². The predicted octanol–water partition coefficient (Wildman–Crippen LogP) is 4.41. The van der Waals surface area contributed by atoms with Gasteiger partial charge in [0, 0.05) is 11.4 Å². The normalized spacial score (nSPS) is 16.0. The topological polar surface area (TPSA) is 69.0 Å². The summed E-state index contributed by atoms with van der Waals surface area (Å²) in [6.45, 7) is 6.52. The first-order valence-corrected chi connectivity index (χ1v) is 10.4. The highest BCUT2D eigenvalue weighted by atomic mass is 32.2. The largest absolute Gasteiger partial charge is 0.462 e. The molecule has 1 N–H and O–H groups in total. The van der Waals surface area contributed by atoms with Crippen LogP contribution in [0.4, 0.5) is 5.95 Å². The molecule has 3 rings (SSSR count). The molecule has 1 aliphatic rings. The lowest BCUT2D eigenvalue weighted by molar-refractivity contribution is -0.139. The van der Waals surface area contributed by atoms with Gasteiger partial charge in [-0.15, -0.1) is 5.10 Å². The van der Waals surface area contributed by atoms with E-state index >= 15 is 0 Å². The molecule has 2 heterocycles. The van der Waals surface area contributed by atoms with Gasteiger partial charge in [0.15, 0.2) is 0 Å². The van der Waals surface area contributed by atoms with Crippen LogP contribution in [-0.4, -0.2) is 33.1 Å². The number of nitrogens with one attached hydrogen (secondary N) is 1. The molecule has 0 spiro atoms. The van der Waals surface area contributed by atoms with Gasteiger partial charge in [-0.2, -0.15) is 4.98 Å². The molecule has 0 aliphatic carbocycles. The number of hydrogen-bond donors (Lipinski definition) is 1. The highest BCUT2D eigenvalue weighted by molar-refractivity contribution is 7.99. The number of unbranched alkanes of at least 4 members (excludes halogenated alkanes) is 1. The van der Waals surface area contributed by atoms with Crippen molar-refractivity contribution in [1.29, 1.82) is 0 Å². The number of benzene rings is 1. The standard InChI is InChI=1S/C20H26N4O2S/c1-4-6-12-26-18(25)16-14(3)21-19-22-20(27-13-5-2)23-24(19)17(16)15-10-8-7-9-11-15/h7-11,17H,4-6,12-13H2,1-3H3,(H,21,22,23). The van der Waals surface area contributed by atoms with Gasteiger partial charge in [-0.3, -0.25) is 0 Å². The first kappa shape index (κ1) is 19.5. The Bertz CT molecular complexity index is 817. The number of rotatable bonds is 8. The molecule has 1 aromatic heterocycles. The molecule has 0 amide bonds. The van der Waals surface area contributed by atoms with Crippen molar-refractivity contribution < 1.29 is 9.53 Å². The Labute approximate surface area is 164 Å². The average molecular weight is 387 g/mol. The van der Waals surface area contributed by atoms with Crippen LogP contribution in [0.15, 0.2) is 46.8 Å². The first-order valence-electron chi connectivity index (χ1n) is 9.44. The van der Waals surface area contributed by atoms with Crippen molar-refractivity contribution in [2.45, 2.75) is 51.2 Å². The van der Waals surface area contributed by atoms with E-state index in [2.05, 4.69) is 29.2 Å². The quantitative estimate of drug-likeness (QED) is 0.412. The zero-order valence-corrected chi connectivity index (χ0v) is 16.9. The van der Waals surface area contributed by atoms with Crippen LogP contribution in [-0.2, 0) is 9.53 Å². The maximum Gasteiger partial charge on any atom is 0.338 e. The van der Waals surface area contributed by atoms with Crippen molar-refractivity contribution in [3.63, 3.8) is 0 Å². The second-order valence-corrected chi connectivity index (χ2v) is 7.54. The number of nitrogens with zero attached hydrogens (tertiary/aromatic N) is 3. The van der Waals surface area contributed by atoms with Crippen molar-refractivity contribution in [2.24, 2.45) is 0 Å². The van der Waals surface area contributed by atoms with E-state index in [4.69, 9.17) is 4.74 Å². The molecule has 0 radical (unpaired) electrons. The summed E-state index contributed by atoms with van der Waals surface area (Å²) < 4.78 is 7.33. The molecule has 0 saturated heterocycles. The van der Waals surface area contributed by atoms with Crippen LogP contribution in [0.5, 0.6) is 0 Å². The Balaban J connectivity index is 1.98. The summed E-state index contributed by atoms with van der Waals surface area (Å²) in [6.07, 6.45) is 2.89. The van der Waals surface area contributed by atoms with Crippen LogP contribution in [0.2, 0.25) is 0 Å². The van der Waals surface area contributed by atoms with Gasteiger partial charge in [-0.25, -0.2) is 9.48 Å². The molecule has 1 aliphatic heterocycles. The minimum absolute atomic E-state index is 0.300. The number of ether oxygens (including phenoxy) is 1. The fourth-order valence-electron chi connectivity index (χ4n) is 2.98. The van der Waals surface area contributed by atoms with E-state index in [0.29, 0.717) is 23.3 Å². The number of carbonyl (C=O) groups excluding carboxylic acids is 1. The van der Waals surface area contributed by atoms with Crippen LogP contribution in [0.3, 0.4) is 0 Å². The van der Waals surface area contributed by atoms with Crippen LogP contribution in [0.1, 0.15) is 51.6 Å². The maximum absolute atomic E-state index is 12.9. The van der Waals surface area contributed by atoms with Crippen molar-refractivity contribution in [3.8, 4) is 0 Å². The van der Waals surface area contributed by atoms with E-state index in [1.165, 1.54) is 0 Å². The molecule has 0 bridgehead atoms. The van der Waals surface area contributed by atoms with Crippen LogP contribution in [0, 0.1) is 0 Å². The average Bonchev–Trinajstić information content (AvgIpc) is 3.08. The Morgan fingerprint density at radius 1 is 1.26 bits per heavy atom. The molecule has 2 aromatic rings. The third-order valence-corrected chi connectivity index (χ3v) is 5.38. The third-order valence-electron chi connectivity index (χ3n) is 4.33. The van der Waals surface area contributed by atoms with Gasteiger partial charge in [-0.05, 0) is 25.3 Å². The number of hydrogen-bond acceptors (Lipinski definition) is 6. The lowest BCUT2D eigenvalue weighted by Gasteiger charge is -2.28. The minimum Gasteiger partial charge on any atom is -0.462 e. The van der Waals surface area contributed by atoms with Crippen molar-refractivity contribution in [3.05, 3.63) is 47.2 Å². The van der Waals surface area contributed by atoms with E-state index in [1.807, 2.05) is 37.3 Å². The number of esters is 1. The Morgan fingerprint density at radius 3 is 2.74 bits per heavy atom. The maximum atomic E-state index is 12.9. The second-order valence-electron chi connectivity index (χ2n) is 6.48. The number of aromatic nitrogens is 3. The van der Waals surface area contributed by atoms with E-state index < -0.39 is 0 Å². The lowest BCUT2D eigenvalue weighted by atomic mass is 9.96. The zero-order valence-electron chi connectivity index (χ0n) is 16.1. The van der Waals surface area contributed by atoms with Gasteiger partial charge in [0.2, 0.25) is 11.1 Å². The van der Waals surface area contributed by atoms with E-state index in [1.54, 1.807) is 16.4 Å². The number of allylic oxidation sites excluding steroid dienone is 1. The van der Waals surface area contributed by atoms with Crippen molar-refractivity contribution in [2.75, 3.05) is 17.7 Å². The number of thioether (sulfide) groups is 1. The van der Waals surface area contributed by atoms with Gasteiger partial charge < -0.3 is 10.1 Å². The fourth-order valence-corrected chi connectivity index (χ4v) is 3.66. The van der Waals surface area contributed by atoms with E-state index in [9.17, 15) is 4.79 Å². The van der Waals surface area contributed by atoms with Crippen LogP contribution >= 0.6 is 11.8 Å². The Morgan fingerprint density at radius 2 is 2.04 bits per heavy atom. The summed E-state index contributed by atoms with van der Waals surface area (Å²) >= 11 is 1.62. The summed E-state index contributed by atoms with van der Waals surface area (Å²) in [7, 11) is 0. The van der Waals surface area contributed by atoms with E-state index in [-0.39, 0.29) is 12.0 Å². The summed E-state index contributed by atoms with van der Waals surface area (Å²) in [6, 6.07) is 9.57. The first-order chi connectivity index (χ1) is 13.2. The molecule has 1 atom stereocenters. The highest BCUT2D eigenvalue weighted by Gasteiger charge is 2.35. The molecule has 27 heavy (non-hydrogen) atoms. The highest BCUT2D eigenvalue weighted by Crippen LogP contribution is 2.36. The van der Waals surface area contributed by atoms with Gasteiger partial charge in [0.25, 0.3) is 0 Å². The SMILES string of the molecule is CCCCOC(=O)C1=C(C)Nc2nc(SCCC)nn2C1c1ccccc1. The fraction of sp³-hybridized carbons (Fsp3) is 0.450. The predicted molar refractivity (Wildman–Crippen MR) is 108 cm³/mol. The molecule has 6 nitrogen and oxygen atoms in total. The van der Waals surface area contributed by atoms with E-state index in [0.717, 1.165) is 36.3 Å². The number of anilines is 1. The zero-order chi connectivity index (χ0) is 19.2. The molecule has 0 saturated carbocycles. The number of fused-ring (bicyclic) bond motifs is 1. The molecule has 1 unspecified atom stereocenters. The van der Waals surface area contributed by atoms with Crippen LogP contribution in [0.25, 0.3) is 0 Å². The molecule has 0 fully saturated rings.